The molecule has 3 rings (SSSR count). The fourth-order valence-corrected chi connectivity index (χ4v) is 3.47. The smallest absolute Gasteiger partial charge is 0.308 e. The number of benzene rings is 1. The standard InChI is InChI=1S/C18H23NO2/c1-11(18(20)21-3)8-15-12(2)19-17-10-14-7-5-4-6-13(14)9-16(15)17/h9-11,19H,4-8H2,1-3H3. The lowest BCUT2D eigenvalue weighted by atomic mass is 9.89. The fourth-order valence-electron chi connectivity index (χ4n) is 3.47. The van der Waals surface area contributed by atoms with Crippen LogP contribution < -0.4 is 0 Å². The Bertz CT molecular complexity index is 684. The highest BCUT2D eigenvalue weighted by Crippen LogP contribution is 2.31. The molecule has 0 spiro atoms. The highest BCUT2D eigenvalue weighted by Gasteiger charge is 2.19. The molecule has 112 valence electrons. The minimum absolute atomic E-state index is 0.108. The van der Waals surface area contributed by atoms with E-state index in [-0.39, 0.29) is 11.9 Å². The number of carbonyl (C=O) groups is 1. The maximum absolute atomic E-state index is 11.7. The number of rotatable bonds is 3. The number of hydrogen-bond acceptors (Lipinski definition) is 2. The molecule has 0 aliphatic heterocycles. The highest BCUT2D eigenvalue weighted by atomic mass is 16.5. The predicted octanol–water partition coefficient (Wildman–Crippen LogP) is 3.71. The second kappa shape index (κ2) is 5.55. The molecule has 1 aromatic heterocycles. The van der Waals surface area contributed by atoms with Gasteiger partial charge in [-0.1, -0.05) is 6.92 Å². The molecule has 1 atom stereocenters. The third-order valence-electron chi connectivity index (χ3n) is 4.70. The second-order valence-corrected chi connectivity index (χ2v) is 6.23. The van der Waals surface area contributed by atoms with E-state index in [1.807, 2.05) is 6.92 Å². The van der Waals surface area contributed by atoms with Crippen molar-refractivity contribution in [3.8, 4) is 0 Å². The van der Waals surface area contributed by atoms with Gasteiger partial charge in [-0.15, -0.1) is 0 Å². The summed E-state index contributed by atoms with van der Waals surface area (Å²) < 4.78 is 4.85. The zero-order valence-corrected chi connectivity index (χ0v) is 13.1. The molecule has 0 saturated carbocycles. The minimum atomic E-state index is -0.137. The predicted molar refractivity (Wildman–Crippen MR) is 84.6 cm³/mol. The molecule has 1 aromatic carbocycles. The van der Waals surface area contributed by atoms with E-state index in [0.717, 1.165) is 6.42 Å². The van der Waals surface area contributed by atoms with Crippen molar-refractivity contribution < 1.29 is 9.53 Å². The Morgan fingerprint density at radius 3 is 2.62 bits per heavy atom. The van der Waals surface area contributed by atoms with Gasteiger partial charge in [0.1, 0.15) is 0 Å². The first-order valence-electron chi connectivity index (χ1n) is 7.81. The average Bonchev–Trinajstić information content (AvgIpc) is 2.79. The van der Waals surface area contributed by atoms with Crippen LogP contribution >= 0.6 is 0 Å². The third kappa shape index (κ3) is 2.57. The number of aromatic nitrogens is 1. The molecule has 1 aliphatic rings. The molecule has 1 unspecified atom stereocenters. The molecule has 3 nitrogen and oxygen atoms in total. The summed E-state index contributed by atoms with van der Waals surface area (Å²) >= 11 is 0. The molecule has 3 heteroatoms. The summed E-state index contributed by atoms with van der Waals surface area (Å²) in [7, 11) is 1.46. The molecule has 2 aromatic rings. The van der Waals surface area contributed by atoms with Crippen LogP contribution in [0.3, 0.4) is 0 Å². The van der Waals surface area contributed by atoms with Crippen molar-refractivity contribution >= 4 is 16.9 Å². The maximum atomic E-state index is 11.7. The lowest BCUT2D eigenvalue weighted by Crippen LogP contribution is -2.15. The Morgan fingerprint density at radius 2 is 1.95 bits per heavy atom. The summed E-state index contributed by atoms with van der Waals surface area (Å²) in [5.74, 6) is -0.245. The van der Waals surface area contributed by atoms with E-state index >= 15 is 0 Å². The first kappa shape index (κ1) is 14.2. The topological polar surface area (TPSA) is 42.1 Å². The van der Waals surface area contributed by atoms with Crippen LogP contribution in [0.1, 0.15) is 42.1 Å². The number of aryl methyl sites for hydroxylation is 3. The van der Waals surface area contributed by atoms with Crippen LogP contribution in [-0.2, 0) is 28.8 Å². The van der Waals surface area contributed by atoms with Crippen molar-refractivity contribution in [1.82, 2.24) is 4.98 Å². The van der Waals surface area contributed by atoms with Crippen molar-refractivity contribution in [2.75, 3.05) is 7.11 Å². The number of aromatic amines is 1. The Labute approximate surface area is 125 Å². The number of esters is 1. The summed E-state index contributed by atoms with van der Waals surface area (Å²) in [6.07, 6.45) is 5.69. The monoisotopic (exact) mass is 285 g/mol. The van der Waals surface area contributed by atoms with Gasteiger partial charge in [0, 0.05) is 16.6 Å². The van der Waals surface area contributed by atoms with Gasteiger partial charge < -0.3 is 9.72 Å². The summed E-state index contributed by atoms with van der Waals surface area (Å²) in [6, 6.07) is 4.65. The fraction of sp³-hybridized carbons (Fsp3) is 0.500. The quantitative estimate of drug-likeness (QED) is 0.874. The summed E-state index contributed by atoms with van der Waals surface area (Å²) in [5, 5.41) is 1.28. The van der Waals surface area contributed by atoms with Crippen LogP contribution in [0.2, 0.25) is 0 Å². The van der Waals surface area contributed by atoms with Crippen LogP contribution in [-0.4, -0.2) is 18.1 Å². The Balaban J connectivity index is 2.02. The van der Waals surface area contributed by atoms with Gasteiger partial charge in [0.15, 0.2) is 0 Å². The molecule has 1 heterocycles. The molecule has 0 bridgehead atoms. The van der Waals surface area contributed by atoms with E-state index in [9.17, 15) is 4.79 Å². The molecule has 1 aliphatic carbocycles. The second-order valence-electron chi connectivity index (χ2n) is 6.23. The van der Waals surface area contributed by atoms with E-state index < -0.39 is 0 Å². The maximum Gasteiger partial charge on any atom is 0.308 e. The largest absolute Gasteiger partial charge is 0.469 e. The molecular weight excluding hydrogens is 262 g/mol. The number of carbonyl (C=O) groups excluding carboxylic acids is 1. The number of H-pyrrole nitrogens is 1. The van der Waals surface area contributed by atoms with Crippen molar-refractivity contribution in [1.29, 1.82) is 0 Å². The van der Waals surface area contributed by atoms with Crippen LogP contribution in [0.5, 0.6) is 0 Å². The Hall–Kier alpha value is -1.77. The van der Waals surface area contributed by atoms with Gasteiger partial charge in [-0.2, -0.15) is 0 Å². The zero-order valence-electron chi connectivity index (χ0n) is 13.1. The first-order chi connectivity index (χ1) is 10.1. The highest BCUT2D eigenvalue weighted by molar-refractivity contribution is 5.87. The van der Waals surface area contributed by atoms with Crippen LogP contribution in [0.4, 0.5) is 0 Å². The molecule has 1 N–H and O–H groups in total. The van der Waals surface area contributed by atoms with Gasteiger partial charge >= 0.3 is 5.97 Å². The molecule has 0 amide bonds. The van der Waals surface area contributed by atoms with Crippen molar-refractivity contribution in [2.45, 2.75) is 46.0 Å². The Kier molecular flexibility index (Phi) is 3.75. The number of hydrogen-bond donors (Lipinski definition) is 1. The molecule has 21 heavy (non-hydrogen) atoms. The average molecular weight is 285 g/mol. The first-order valence-corrected chi connectivity index (χ1v) is 7.81. The van der Waals surface area contributed by atoms with Gasteiger partial charge in [0.25, 0.3) is 0 Å². The van der Waals surface area contributed by atoms with E-state index in [0.29, 0.717) is 0 Å². The summed E-state index contributed by atoms with van der Waals surface area (Å²) in [6.45, 7) is 4.03. The number of methoxy groups -OCH3 is 1. The van der Waals surface area contributed by atoms with Crippen molar-refractivity contribution in [3.63, 3.8) is 0 Å². The Morgan fingerprint density at radius 1 is 1.29 bits per heavy atom. The van der Waals surface area contributed by atoms with Crippen LogP contribution in [0, 0.1) is 12.8 Å². The molecule has 0 fully saturated rings. The number of nitrogens with one attached hydrogen (secondary N) is 1. The lowest BCUT2D eigenvalue weighted by molar-refractivity contribution is -0.144. The van der Waals surface area contributed by atoms with Gasteiger partial charge in [0.05, 0.1) is 13.0 Å². The van der Waals surface area contributed by atoms with Crippen molar-refractivity contribution in [3.05, 3.63) is 34.5 Å². The minimum Gasteiger partial charge on any atom is -0.469 e. The zero-order chi connectivity index (χ0) is 15.0. The summed E-state index contributed by atoms with van der Waals surface area (Å²) in [5.41, 5.74) is 6.61. The van der Waals surface area contributed by atoms with Gasteiger partial charge in [-0.05, 0) is 67.9 Å². The van der Waals surface area contributed by atoms with Gasteiger partial charge in [0.2, 0.25) is 0 Å². The third-order valence-corrected chi connectivity index (χ3v) is 4.70. The van der Waals surface area contributed by atoms with Crippen LogP contribution in [0.15, 0.2) is 12.1 Å². The van der Waals surface area contributed by atoms with E-state index in [2.05, 4.69) is 24.0 Å². The van der Waals surface area contributed by atoms with E-state index in [1.165, 1.54) is 66.1 Å². The normalized spacial score (nSPS) is 15.8. The number of ether oxygens (including phenoxy) is 1. The van der Waals surface area contributed by atoms with E-state index in [4.69, 9.17) is 4.74 Å². The SMILES string of the molecule is COC(=O)C(C)Cc1c(C)[nH]c2cc3c(cc12)CCCC3. The van der Waals surface area contributed by atoms with Gasteiger partial charge in [-0.3, -0.25) is 4.79 Å². The van der Waals surface area contributed by atoms with E-state index in [1.54, 1.807) is 0 Å². The lowest BCUT2D eigenvalue weighted by Gasteiger charge is -2.16. The molecule has 0 radical (unpaired) electrons. The molecule has 0 saturated heterocycles. The summed E-state index contributed by atoms with van der Waals surface area (Å²) in [4.78, 5) is 15.2. The molecular formula is C18H23NO2. The van der Waals surface area contributed by atoms with Crippen molar-refractivity contribution in [2.24, 2.45) is 5.92 Å². The van der Waals surface area contributed by atoms with Crippen LogP contribution in [0.25, 0.3) is 10.9 Å². The number of fused-ring (bicyclic) bond motifs is 2. The van der Waals surface area contributed by atoms with Gasteiger partial charge in [-0.25, -0.2) is 0 Å².